The minimum Gasteiger partial charge on any atom is -0.368 e. The molecular weight excluding hydrogens is 401 g/mol. The van der Waals surface area contributed by atoms with Crippen molar-refractivity contribution >= 4 is 15.7 Å². The van der Waals surface area contributed by atoms with Crippen molar-refractivity contribution in [1.82, 2.24) is 9.62 Å². The van der Waals surface area contributed by atoms with Crippen molar-refractivity contribution < 1.29 is 12.8 Å². The average Bonchev–Trinajstić information content (AvgIpc) is 3.15. The molecule has 4 rings (SSSR count). The van der Waals surface area contributed by atoms with Crippen LogP contribution in [0.25, 0.3) is 0 Å². The van der Waals surface area contributed by atoms with E-state index in [4.69, 9.17) is 0 Å². The van der Waals surface area contributed by atoms with Gasteiger partial charge in [0.05, 0.1) is 6.26 Å². The van der Waals surface area contributed by atoms with Crippen molar-refractivity contribution in [3.63, 3.8) is 0 Å². The number of piperidine rings is 1. The van der Waals surface area contributed by atoms with E-state index >= 15 is 0 Å². The third kappa shape index (κ3) is 5.39. The number of likely N-dealkylation sites (tertiary alicyclic amines) is 1. The number of halogens is 1. The largest absolute Gasteiger partial charge is 0.368 e. The fraction of sp³-hybridized carbons (Fsp3) is 0.478. The lowest BCUT2D eigenvalue weighted by atomic mass is 10.0. The molecule has 0 spiro atoms. The summed E-state index contributed by atoms with van der Waals surface area (Å²) in [6.07, 6.45) is 5.47. The Labute approximate surface area is 178 Å². The molecule has 0 aromatic heterocycles. The van der Waals surface area contributed by atoms with Gasteiger partial charge in [-0.25, -0.2) is 17.5 Å². The van der Waals surface area contributed by atoms with E-state index in [-0.39, 0.29) is 5.82 Å². The molecule has 2 aliphatic rings. The monoisotopic (exact) mass is 431 g/mol. The van der Waals surface area contributed by atoms with Crippen LogP contribution in [0.15, 0.2) is 42.5 Å². The molecule has 2 aromatic carbocycles. The highest BCUT2D eigenvalue weighted by Crippen LogP contribution is 2.33. The quantitative estimate of drug-likeness (QED) is 0.732. The zero-order chi connectivity index (χ0) is 21.1. The molecule has 0 aliphatic carbocycles. The number of nitrogens with zero attached hydrogens (tertiary/aromatic N) is 2. The Morgan fingerprint density at radius 1 is 1.03 bits per heavy atom. The number of anilines is 1. The molecule has 2 aliphatic heterocycles. The highest BCUT2D eigenvalue weighted by Gasteiger charge is 2.29. The third-order valence-electron chi connectivity index (χ3n) is 6.25. The molecule has 2 aromatic rings. The number of nitrogens with one attached hydrogen (secondary N) is 1. The number of benzene rings is 2. The molecular formula is C23H30FN3O2S. The van der Waals surface area contributed by atoms with E-state index < -0.39 is 10.0 Å². The molecule has 2 heterocycles. The summed E-state index contributed by atoms with van der Waals surface area (Å²) in [6, 6.07) is 13.7. The Morgan fingerprint density at radius 2 is 1.73 bits per heavy atom. The molecule has 0 bridgehead atoms. The fourth-order valence-electron chi connectivity index (χ4n) is 4.55. The van der Waals surface area contributed by atoms with E-state index in [1.165, 1.54) is 35.2 Å². The van der Waals surface area contributed by atoms with Crippen LogP contribution in [0.4, 0.5) is 10.1 Å². The molecule has 1 N–H and O–H groups in total. The smallest absolute Gasteiger partial charge is 0.209 e. The summed E-state index contributed by atoms with van der Waals surface area (Å²) in [5.41, 5.74) is 4.81. The summed E-state index contributed by atoms with van der Waals surface area (Å²) >= 11 is 0. The number of hydrogen-bond acceptors (Lipinski definition) is 4. The number of sulfonamides is 1. The lowest BCUT2D eigenvalue weighted by Gasteiger charge is -2.38. The van der Waals surface area contributed by atoms with Crippen molar-refractivity contribution in [2.45, 2.75) is 38.3 Å². The zero-order valence-corrected chi connectivity index (χ0v) is 18.3. The number of fused-ring (bicyclic) bond motifs is 1. The lowest BCUT2D eigenvalue weighted by molar-refractivity contribution is 0.212. The lowest BCUT2D eigenvalue weighted by Crippen LogP contribution is -2.45. The maximum absolute atomic E-state index is 13.1. The van der Waals surface area contributed by atoms with Crippen LogP contribution in [0.1, 0.15) is 29.5 Å². The summed E-state index contributed by atoms with van der Waals surface area (Å²) in [4.78, 5) is 5.03. The van der Waals surface area contributed by atoms with Crippen LogP contribution in [-0.2, 0) is 29.4 Å². The van der Waals surface area contributed by atoms with Crippen LogP contribution in [0.5, 0.6) is 0 Å². The summed E-state index contributed by atoms with van der Waals surface area (Å²) < 4.78 is 38.4. The SMILES string of the molecule is CS(=O)(=O)NCc1ccc2c(c1)N(C1CCN(CCc3ccc(F)cc3)CC1)CC2. The number of rotatable bonds is 7. The Bertz CT molecular complexity index is 970. The summed E-state index contributed by atoms with van der Waals surface area (Å²) in [5, 5.41) is 0. The van der Waals surface area contributed by atoms with Crippen molar-refractivity contribution in [2.75, 3.05) is 37.3 Å². The standard InChI is InChI=1S/C23H30FN3O2S/c1-30(28,29)25-17-19-2-5-20-9-15-27(23(20)16-19)22-10-13-26(14-11-22)12-8-18-3-6-21(24)7-4-18/h2-7,16,22,25H,8-15,17H2,1H3. The fourth-order valence-corrected chi connectivity index (χ4v) is 4.97. The molecule has 1 saturated heterocycles. The van der Waals surface area contributed by atoms with Gasteiger partial charge >= 0.3 is 0 Å². The predicted octanol–water partition coefficient (Wildman–Crippen LogP) is 2.94. The second-order valence-electron chi connectivity index (χ2n) is 8.45. The molecule has 0 saturated carbocycles. The minimum atomic E-state index is -3.19. The Balaban J connectivity index is 1.32. The first kappa shape index (κ1) is 21.3. The zero-order valence-electron chi connectivity index (χ0n) is 17.5. The van der Waals surface area contributed by atoms with Crippen LogP contribution in [0.3, 0.4) is 0 Å². The van der Waals surface area contributed by atoms with Crippen LogP contribution >= 0.6 is 0 Å². The molecule has 5 nitrogen and oxygen atoms in total. The highest BCUT2D eigenvalue weighted by molar-refractivity contribution is 7.88. The van der Waals surface area contributed by atoms with Gasteiger partial charge in [0.1, 0.15) is 5.82 Å². The number of hydrogen-bond donors (Lipinski definition) is 1. The van der Waals surface area contributed by atoms with Gasteiger partial charge in [-0.05, 0) is 60.6 Å². The van der Waals surface area contributed by atoms with Gasteiger partial charge in [-0.3, -0.25) is 0 Å². The predicted molar refractivity (Wildman–Crippen MR) is 119 cm³/mol. The van der Waals surface area contributed by atoms with Gasteiger partial charge in [0.2, 0.25) is 10.0 Å². The van der Waals surface area contributed by atoms with Crippen LogP contribution < -0.4 is 9.62 Å². The average molecular weight is 432 g/mol. The first-order valence-electron chi connectivity index (χ1n) is 10.7. The van der Waals surface area contributed by atoms with Crippen molar-refractivity contribution in [3.05, 3.63) is 65.0 Å². The van der Waals surface area contributed by atoms with Crippen LogP contribution in [0.2, 0.25) is 0 Å². The molecule has 0 unspecified atom stereocenters. The molecule has 1 fully saturated rings. The second-order valence-corrected chi connectivity index (χ2v) is 10.3. The Kier molecular flexibility index (Phi) is 6.41. The van der Waals surface area contributed by atoms with Crippen molar-refractivity contribution in [2.24, 2.45) is 0 Å². The molecule has 30 heavy (non-hydrogen) atoms. The van der Waals surface area contributed by atoms with Gasteiger partial charge in [-0.15, -0.1) is 0 Å². The van der Waals surface area contributed by atoms with Crippen LogP contribution in [0, 0.1) is 5.82 Å². The van der Waals surface area contributed by atoms with Gasteiger partial charge < -0.3 is 9.80 Å². The van der Waals surface area contributed by atoms with Crippen molar-refractivity contribution in [3.8, 4) is 0 Å². The highest BCUT2D eigenvalue weighted by atomic mass is 32.2. The summed E-state index contributed by atoms with van der Waals surface area (Å²) in [6.45, 7) is 4.54. The topological polar surface area (TPSA) is 52.7 Å². The van der Waals surface area contributed by atoms with E-state index in [9.17, 15) is 12.8 Å². The van der Waals surface area contributed by atoms with E-state index in [2.05, 4.69) is 26.7 Å². The minimum absolute atomic E-state index is 0.180. The first-order valence-corrected chi connectivity index (χ1v) is 12.6. The molecule has 0 atom stereocenters. The Morgan fingerprint density at radius 3 is 2.43 bits per heavy atom. The van der Waals surface area contributed by atoms with Gasteiger partial charge in [0.25, 0.3) is 0 Å². The van der Waals surface area contributed by atoms with E-state index in [1.54, 1.807) is 0 Å². The van der Waals surface area contributed by atoms with E-state index in [0.29, 0.717) is 12.6 Å². The molecule has 0 radical (unpaired) electrons. The summed E-state index contributed by atoms with van der Waals surface area (Å²) in [5.74, 6) is -0.180. The first-order chi connectivity index (χ1) is 14.4. The maximum Gasteiger partial charge on any atom is 0.209 e. The Hall–Kier alpha value is -1.96. The summed E-state index contributed by atoms with van der Waals surface area (Å²) in [7, 11) is -3.19. The van der Waals surface area contributed by atoms with Crippen LogP contribution in [-0.4, -0.2) is 51.8 Å². The third-order valence-corrected chi connectivity index (χ3v) is 6.92. The van der Waals surface area contributed by atoms with Gasteiger partial charge in [-0.2, -0.15) is 0 Å². The molecule has 7 heteroatoms. The normalized spacial score (nSPS) is 18.0. The van der Waals surface area contributed by atoms with Gasteiger partial charge in [-0.1, -0.05) is 24.3 Å². The van der Waals surface area contributed by atoms with E-state index in [1.807, 2.05) is 18.2 Å². The van der Waals surface area contributed by atoms with Gasteiger partial charge in [0, 0.05) is 44.5 Å². The second kappa shape index (κ2) is 9.04. The maximum atomic E-state index is 13.1. The molecule has 162 valence electrons. The van der Waals surface area contributed by atoms with E-state index in [0.717, 1.165) is 57.4 Å². The molecule has 0 amide bonds. The van der Waals surface area contributed by atoms with Gasteiger partial charge in [0.15, 0.2) is 0 Å². The van der Waals surface area contributed by atoms with Crippen molar-refractivity contribution in [1.29, 1.82) is 0 Å².